The fourth-order valence-electron chi connectivity index (χ4n) is 1.79. The number of hydrogen-bond donors (Lipinski definition) is 1. The van der Waals surface area contributed by atoms with E-state index in [4.69, 9.17) is 4.74 Å². The van der Waals surface area contributed by atoms with Gasteiger partial charge in [0.2, 0.25) is 0 Å². The van der Waals surface area contributed by atoms with Gasteiger partial charge in [0, 0.05) is 30.0 Å². The van der Waals surface area contributed by atoms with Crippen LogP contribution in [-0.4, -0.2) is 24.2 Å². The zero-order valence-electron chi connectivity index (χ0n) is 11.3. The third-order valence-electron chi connectivity index (χ3n) is 2.71. The van der Waals surface area contributed by atoms with Crippen molar-refractivity contribution >= 4 is 11.4 Å². The maximum atomic E-state index is 10.9. The summed E-state index contributed by atoms with van der Waals surface area (Å²) in [6, 6.07) is 3.53. The van der Waals surface area contributed by atoms with Crippen molar-refractivity contribution in [3.8, 4) is 0 Å². The average molecular weight is 252 g/mol. The first-order valence-corrected chi connectivity index (χ1v) is 6.05. The van der Waals surface area contributed by atoms with Gasteiger partial charge in [0.05, 0.1) is 11.5 Å². The van der Waals surface area contributed by atoms with Gasteiger partial charge in [0.25, 0.3) is 5.69 Å². The summed E-state index contributed by atoms with van der Waals surface area (Å²) < 4.78 is 5.31. The number of nitro groups is 1. The van der Waals surface area contributed by atoms with E-state index in [9.17, 15) is 10.1 Å². The quantitative estimate of drug-likeness (QED) is 0.624. The van der Waals surface area contributed by atoms with Crippen LogP contribution in [0.2, 0.25) is 0 Å². The average Bonchev–Trinajstić information content (AvgIpc) is 2.29. The third-order valence-corrected chi connectivity index (χ3v) is 2.71. The Morgan fingerprint density at radius 2 is 2.06 bits per heavy atom. The van der Waals surface area contributed by atoms with Gasteiger partial charge in [-0.2, -0.15) is 0 Å². The van der Waals surface area contributed by atoms with Gasteiger partial charge in [-0.05, 0) is 39.3 Å². The molecule has 0 saturated carbocycles. The monoisotopic (exact) mass is 252 g/mol. The molecule has 1 rings (SSSR count). The van der Waals surface area contributed by atoms with Gasteiger partial charge >= 0.3 is 0 Å². The molecule has 0 aliphatic heterocycles. The SMILES string of the molecule is CCOCC(C)Nc1cc([N+](=O)[O-])c(C)cc1C. The second kappa shape index (κ2) is 6.35. The largest absolute Gasteiger partial charge is 0.380 e. The van der Waals surface area contributed by atoms with E-state index in [-0.39, 0.29) is 16.7 Å². The highest BCUT2D eigenvalue weighted by Gasteiger charge is 2.14. The molecule has 1 aromatic carbocycles. The van der Waals surface area contributed by atoms with Gasteiger partial charge in [-0.1, -0.05) is 0 Å². The summed E-state index contributed by atoms with van der Waals surface area (Å²) in [4.78, 5) is 10.5. The lowest BCUT2D eigenvalue weighted by Gasteiger charge is -2.17. The second-order valence-corrected chi connectivity index (χ2v) is 4.42. The number of ether oxygens (including phenoxy) is 1. The summed E-state index contributed by atoms with van der Waals surface area (Å²) in [5, 5.41) is 14.1. The first-order valence-electron chi connectivity index (χ1n) is 6.05. The number of nitro benzene ring substituents is 1. The normalized spacial score (nSPS) is 12.2. The van der Waals surface area contributed by atoms with Gasteiger partial charge in [-0.15, -0.1) is 0 Å². The summed E-state index contributed by atoms with van der Waals surface area (Å²) in [5.74, 6) is 0. The van der Waals surface area contributed by atoms with Crippen molar-refractivity contribution in [1.29, 1.82) is 0 Å². The predicted octanol–water partition coefficient (Wildman–Crippen LogP) is 3.05. The highest BCUT2D eigenvalue weighted by Crippen LogP contribution is 2.26. The Morgan fingerprint density at radius 3 is 2.61 bits per heavy atom. The van der Waals surface area contributed by atoms with Crippen LogP contribution in [0.3, 0.4) is 0 Å². The molecule has 1 N–H and O–H groups in total. The summed E-state index contributed by atoms with van der Waals surface area (Å²) in [5.41, 5.74) is 2.62. The minimum atomic E-state index is -0.354. The fraction of sp³-hybridized carbons (Fsp3) is 0.538. The number of aryl methyl sites for hydroxylation is 2. The maximum Gasteiger partial charge on any atom is 0.274 e. The molecule has 5 nitrogen and oxygen atoms in total. The van der Waals surface area contributed by atoms with E-state index in [1.54, 1.807) is 13.0 Å². The molecular formula is C13H20N2O3. The molecule has 0 aromatic heterocycles. The van der Waals surface area contributed by atoms with Gasteiger partial charge in [0.15, 0.2) is 0 Å². The van der Waals surface area contributed by atoms with E-state index in [1.807, 2.05) is 26.8 Å². The lowest BCUT2D eigenvalue weighted by molar-refractivity contribution is -0.385. The third kappa shape index (κ3) is 3.70. The number of rotatable bonds is 6. The van der Waals surface area contributed by atoms with Crippen molar-refractivity contribution in [3.05, 3.63) is 33.4 Å². The Hall–Kier alpha value is -1.62. The summed E-state index contributed by atoms with van der Waals surface area (Å²) >= 11 is 0. The fourth-order valence-corrected chi connectivity index (χ4v) is 1.79. The van der Waals surface area contributed by atoms with Crippen LogP contribution in [0, 0.1) is 24.0 Å². The maximum absolute atomic E-state index is 10.9. The first-order chi connectivity index (χ1) is 8.45. The number of hydrogen-bond acceptors (Lipinski definition) is 4. The Labute approximate surface area is 107 Å². The molecule has 0 amide bonds. The van der Waals surface area contributed by atoms with Crippen LogP contribution in [0.15, 0.2) is 12.1 Å². The molecular weight excluding hydrogens is 232 g/mol. The second-order valence-electron chi connectivity index (χ2n) is 4.42. The van der Waals surface area contributed by atoms with Crippen LogP contribution in [0.25, 0.3) is 0 Å². The molecule has 5 heteroatoms. The number of nitrogens with one attached hydrogen (secondary N) is 1. The van der Waals surface area contributed by atoms with E-state index in [1.165, 1.54) is 0 Å². The van der Waals surface area contributed by atoms with E-state index in [2.05, 4.69) is 5.32 Å². The standard InChI is InChI=1S/C13H20N2O3/c1-5-18-8-11(4)14-12-7-13(15(16)17)10(3)6-9(12)2/h6-7,11,14H,5,8H2,1-4H3. The van der Waals surface area contributed by atoms with Gasteiger partial charge < -0.3 is 10.1 Å². The number of benzene rings is 1. The van der Waals surface area contributed by atoms with Crippen LogP contribution >= 0.6 is 0 Å². The van der Waals surface area contributed by atoms with E-state index in [0.29, 0.717) is 18.8 Å². The highest BCUT2D eigenvalue weighted by atomic mass is 16.6. The van der Waals surface area contributed by atoms with Crippen LogP contribution < -0.4 is 5.32 Å². The van der Waals surface area contributed by atoms with Gasteiger partial charge in [-0.3, -0.25) is 10.1 Å². The predicted molar refractivity (Wildman–Crippen MR) is 72.1 cm³/mol. The van der Waals surface area contributed by atoms with Gasteiger partial charge in [-0.25, -0.2) is 0 Å². The molecule has 1 unspecified atom stereocenters. The molecule has 0 bridgehead atoms. The van der Waals surface area contributed by atoms with Crippen molar-refractivity contribution < 1.29 is 9.66 Å². The molecule has 0 saturated heterocycles. The van der Waals surface area contributed by atoms with Crippen molar-refractivity contribution in [2.75, 3.05) is 18.5 Å². The van der Waals surface area contributed by atoms with Gasteiger partial charge in [0.1, 0.15) is 0 Å². The van der Waals surface area contributed by atoms with Crippen molar-refractivity contribution in [2.45, 2.75) is 33.7 Å². The zero-order chi connectivity index (χ0) is 13.7. The van der Waals surface area contributed by atoms with Crippen LogP contribution in [0.4, 0.5) is 11.4 Å². The summed E-state index contributed by atoms with van der Waals surface area (Å²) in [6.45, 7) is 8.86. The van der Waals surface area contributed by atoms with Crippen molar-refractivity contribution in [1.82, 2.24) is 0 Å². The molecule has 1 atom stereocenters. The van der Waals surface area contributed by atoms with Crippen molar-refractivity contribution in [2.24, 2.45) is 0 Å². The Bertz CT molecular complexity index is 432. The smallest absolute Gasteiger partial charge is 0.274 e. The zero-order valence-corrected chi connectivity index (χ0v) is 11.3. The van der Waals surface area contributed by atoms with E-state index >= 15 is 0 Å². The van der Waals surface area contributed by atoms with Crippen LogP contribution in [0.5, 0.6) is 0 Å². The molecule has 0 radical (unpaired) electrons. The van der Waals surface area contributed by atoms with Crippen LogP contribution in [0.1, 0.15) is 25.0 Å². The molecule has 0 heterocycles. The Morgan fingerprint density at radius 1 is 1.39 bits per heavy atom. The minimum absolute atomic E-state index is 0.117. The molecule has 0 spiro atoms. The lowest BCUT2D eigenvalue weighted by Crippen LogP contribution is -2.22. The Kier molecular flexibility index (Phi) is 5.09. The summed E-state index contributed by atoms with van der Waals surface area (Å²) in [6.07, 6.45) is 0. The molecule has 18 heavy (non-hydrogen) atoms. The summed E-state index contributed by atoms with van der Waals surface area (Å²) in [7, 11) is 0. The minimum Gasteiger partial charge on any atom is -0.380 e. The Balaban J connectivity index is 2.88. The van der Waals surface area contributed by atoms with Crippen LogP contribution in [-0.2, 0) is 4.74 Å². The molecule has 0 aliphatic rings. The topological polar surface area (TPSA) is 64.4 Å². The molecule has 0 fully saturated rings. The molecule has 100 valence electrons. The van der Waals surface area contributed by atoms with E-state index < -0.39 is 0 Å². The number of nitrogens with zero attached hydrogens (tertiary/aromatic N) is 1. The molecule has 0 aliphatic carbocycles. The highest BCUT2D eigenvalue weighted by molar-refractivity contribution is 5.60. The van der Waals surface area contributed by atoms with Crippen molar-refractivity contribution in [3.63, 3.8) is 0 Å². The molecule has 1 aromatic rings. The van der Waals surface area contributed by atoms with E-state index in [0.717, 1.165) is 11.3 Å². The number of anilines is 1. The first kappa shape index (κ1) is 14.4. The lowest BCUT2D eigenvalue weighted by atomic mass is 10.1.